The Morgan fingerprint density at radius 2 is 2.39 bits per heavy atom. The summed E-state index contributed by atoms with van der Waals surface area (Å²) in [7, 11) is 1.96. The highest BCUT2D eigenvalue weighted by atomic mass is 16.5. The highest BCUT2D eigenvalue weighted by molar-refractivity contribution is 5.10. The van der Waals surface area contributed by atoms with Crippen LogP contribution < -0.4 is 5.32 Å². The van der Waals surface area contributed by atoms with Crippen molar-refractivity contribution in [2.45, 2.75) is 32.8 Å². The number of nitrogens with zero attached hydrogens (tertiary/aromatic N) is 2. The molecule has 18 heavy (non-hydrogen) atoms. The molecule has 1 N–H and O–H groups in total. The average molecular weight is 251 g/mol. The van der Waals surface area contributed by atoms with Crippen molar-refractivity contribution in [2.24, 2.45) is 18.9 Å². The molecule has 0 bridgehead atoms. The van der Waals surface area contributed by atoms with Gasteiger partial charge in [0.2, 0.25) is 0 Å². The summed E-state index contributed by atoms with van der Waals surface area (Å²) in [5, 5.41) is 7.80. The van der Waals surface area contributed by atoms with Crippen LogP contribution in [0.25, 0.3) is 0 Å². The topological polar surface area (TPSA) is 39.1 Å². The van der Waals surface area contributed by atoms with Crippen LogP contribution >= 0.6 is 0 Å². The molecule has 0 aliphatic carbocycles. The molecule has 2 unspecified atom stereocenters. The first-order chi connectivity index (χ1) is 8.66. The second kappa shape index (κ2) is 6.34. The van der Waals surface area contributed by atoms with E-state index in [-0.39, 0.29) is 6.10 Å². The number of hydrogen-bond donors (Lipinski definition) is 1. The first-order valence-corrected chi connectivity index (χ1v) is 6.97. The Morgan fingerprint density at radius 1 is 1.56 bits per heavy atom. The largest absolute Gasteiger partial charge is 0.373 e. The number of ether oxygens (including phenoxy) is 1. The molecule has 1 fully saturated rings. The summed E-state index contributed by atoms with van der Waals surface area (Å²) in [6, 6.07) is 0. The molecule has 0 spiro atoms. The third-order valence-corrected chi connectivity index (χ3v) is 3.46. The number of aryl methyl sites for hydroxylation is 1. The first kappa shape index (κ1) is 13.6. The van der Waals surface area contributed by atoms with Gasteiger partial charge in [-0.05, 0) is 25.3 Å². The summed E-state index contributed by atoms with van der Waals surface area (Å²) < 4.78 is 7.81. The van der Waals surface area contributed by atoms with Crippen LogP contribution in [0.15, 0.2) is 12.4 Å². The summed E-state index contributed by atoms with van der Waals surface area (Å²) >= 11 is 0. The highest BCUT2D eigenvalue weighted by Crippen LogP contribution is 2.32. The third kappa shape index (κ3) is 3.56. The van der Waals surface area contributed by atoms with Crippen molar-refractivity contribution >= 4 is 0 Å². The fourth-order valence-corrected chi connectivity index (χ4v) is 2.57. The lowest BCUT2D eigenvalue weighted by molar-refractivity contribution is -0.0279. The Kier molecular flexibility index (Phi) is 4.78. The van der Waals surface area contributed by atoms with E-state index in [1.165, 1.54) is 18.4 Å². The fraction of sp³-hybridized carbons (Fsp3) is 0.786. The van der Waals surface area contributed by atoms with Crippen molar-refractivity contribution in [1.29, 1.82) is 0 Å². The Bertz CT molecular complexity index is 362. The van der Waals surface area contributed by atoms with E-state index >= 15 is 0 Å². The zero-order valence-electron chi connectivity index (χ0n) is 11.7. The van der Waals surface area contributed by atoms with Gasteiger partial charge in [-0.1, -0.05) is 13.8 Å². The molecule has 2 heterocycles. The molecule has 0 saturated carbocycles. The van der Waals surface area contributed by atoms with Crippen molar-refractivity contribution in [3.8, 4) is 0 Å². The summed E-state index contributed by atoms with van der Waals surface area (Å²) in [6.07, 6.45) is 6.64. The normalized spacial score (nSPS) is 24.7. The lowest BCUT2D eigenvalue weighted by Gasteiger charge is -2.31. The quantitative estimate of drug-likeness (QED) is 0.871. The van der Waals surface area contributed by atoms with Crippen molar-refractivity contribution in [2.75, 3.05) is 19.7 Å². The van der Waals surface area contributed by atoms with Gasteiger partial charge in [-0.25, -0.2) is 0 Å². The minimum absolute atomic E-state index is 0.215. The molecule has 0 amide bonds. The number of nitrogens with one attached hydrogen (secondary N) is 1. The van der Waals surface area contributed by atoms with Crippen molar-refractivity contribution in [3.63, 3.8) is 0 Å². The van der Waals surface area contributed by atoms with Crippen LogP contribution in [0.1, 0.15) is 38.4 Å². The van der Waals surface area contributed by atoms with Gasteiger partial charge in [0.15, 0.2) is 0 Å². The fourth-order valence-electron chi connectivity index (χ4n) is 2.57. The molecule has 0 radical (unpaired) electrons. The van der Waals surface area contributed by atoms with Crippen LogP contribution in [0.2, 0.25) is 0 Å². The lowest BCUT2D eigenvalue weighted by Crippen LogP contribution is -2.33. The maximum Gasteiger partial charge on any atom is 0.0895 e. The number of aromatic nitrogens is 2. The van der Waals surface area contributed by atoms with Crippen molar-refractivity contribution in [3.05, 3.63) is 18.0 Å². The van der Waals surface area contributed by atoms with Crippen molar-refractivity contribution < 1.29 is 4.74 Å². The van der Waals surface area contributed by atoms with Crippen LogP contribution in [-0.4, -0.2) is 29.5 Å². The summed E-state index contributed by atoms with van der Waals surface area (Å²) in [6.45, 7) is 7.47. The maximum atomic E-state index is 5.95. The monoisotopic (exact) mass is 251 g/mol. The van der Waals surface area contributed by atoms with Gasteiger partial charge in [0.05, 0.1) is 12.3 Å². The molecule has 1 aromatic rings. The molecular formula is C14H25N3O. The predicted octanol–water partition coefficient (Wildman–Crippen LogP) is 2.13. The van der Waals surface area contributed by atoms with Gasteiger partial charge >= 0.3 is 0 Å². The van der Waals surface area contributed by atoms with Crippen LogP contribution in [0.3, 0.4) is 0 Å². The molecule has 2 rings (SSSR count). The molecule has 1 saturated heterocycles. The Labute approximate surface area is 110 Å². The molecule has 4 nitrogen and oxygen atoms in total. The molecule has 4 heteroatoms. The van der Waals surface area contributed by atoms with Crippen LogP contribution in [-0.2, 0) is 11.8 Å². The van der Waals surface area contributed by atoms with E-state index in [9.17, 15) is 0 Å². The summed E-state index contributed by atoms with van der Waals surface area (Å²) in [4.78, 5) is 0. The standard InChI is InChI=1S/C14H25N3O/c1-11(2)7-15-8-12-5-4-6-18-14(12)13-9-16-17(3)10-13/h9-12,14-15H,4-8H2,1-3H3. The SMILES string of the molecule is CC(C)CNCC1CCCOC1c1cnn(C)c1. The minimum atomic E-state index is 0.215. The molecule has 2 atom stereocenters. The second-order valence-electron chi connectivity index (χ2n) is 5.69. The van der Waals surface area contributed by atoms with Crippen LogP contribution in [0, 0.1) is 11.8 Å². The molecule has 1 aromatic heterocycles. The van der Waals surface area contributed by atoms with Gasteiger partial charge in [-0.2, -0.15) is 5.10 Å². The van der Waals surface area contributed by atoms with E-state index in [0.717, 1.165) is 19.7 Å². The maximum absolute atomic E-state index is 5.95. The molecular weight excluding hydrogens is 226 g/mol. The second-order valence-corrected chi connectivity index (χ2v) is 5.69. The van der Waals surface area contributed by atoms with E-state index in [1.807, 2.05) is 17.9 Å². The van der Waals surface area contributed by atoms with Gasteiger partial charge in [0, 0.05) is 37.9 Å². The van der Waals surface area contributed by atoms with E-state index in [2.05, 4.69) is 30.5 Å². The first-order valence-electron chi connectivity index (χ1n) is 6.97. The van der Waals surface area contributed by atoms with E-state index in [4.69, 9.17) is 4.74 Å². The highest BCUT2D eigenvalue weighted by Gasteiger charge is 2.28. The smallest absolute Gasteiger partial charge is 0.0895 e. The van der Waals surface area contributed by atoms with Crippen molar-refractivity contribution in [1.82, 2.24) is 15.1 Å². The Morgan fingerprint density at radius 3 is 3.06 bits per heavy atom. The van der Waals surface area contributed by atoms with Gasteiger partial charge in [-0.15, -0.1) is 0 Å². The average Bonchev–Trinajstić information content (AvgIpc) is 2.76. The van der Waals surface area contributed by atoms with Crippen LogP contribution in [0.5, 0.6) is 0 Å². The lowest BCUT2D eigenvalue weighted by atomic mass is 9.90. The predicted molar refractivity (Wildman–Crippen MR) is 72.3 cm³/mol. The molecule has 1 aliphatic heterocycles. The van der Waals surface area contributed by atoms with Gasteiger partial charge in [-0.3, -0.25) is 4.68 Å². The van der Waals surface area contributed by atoms with Crippen LogP contribution in [0.4, 0.5) is 0 Å². The van der Waals surface area contributed by atoms with E-state index in [0.29, 0.717) is 11.8 Å². The van der Waals surface area contributed by atoms with Gasteiger partial charge in [0.1, 0.15) is 0 Å². The zero-order valence-corrected chi connectivity index (χ0v) is 11.7. The van der Waals surface area contributed by atoms with E-state index < -0.39 is 0 Å². The number of hydrogen-bond acceptors (Lipinski definition) is 3. The number of rotatable bonds is 5. The zero-order chi connectivity index (χ0) is 13.0. The van der Waals surface area contributed by atoms with E-state index in [1.54, 1.807) is 0 Å². The molecule has 1 aliphatic rings. The summed E-state index contributed by atoms with van der Waals surface area (Å²) in [5.74, 6) is 1.27. The van der Waals surface area contributed by atoms with Gasteiger partial charge < -0.3 is 10.1 Å². The minimum Gasteiger partial charge on any atom is -0.373 e. The molecule has 102 valence electrons. The Hall–Kier alpha value is -0.870. The molecule has 0 aromatic carbocycles. The Balaban J connectivity index is 1.93. The summed E-state index contributed by atoms with van der Waals surface area (Å²) in [5.41, 5.74) is 1.22. The third-order valence-electron chi connectivity index (χ3n) is 3.46. The van der Waals surface area contributed by atoms with Gasteiger partial charge in [0.25, 0.3) is 0 Å².